The van der Waals surface area contributed by atoms with Crippen molar-refractivity contribution in [3.63, 3.8) is 0 Å². The van der Waals surface area contributed by atoms with Gasteiger partial charge in [-0.3, -0.25) is 4.98 Å². The van der Waals surface area contributed by atoms with E-state index in [0.717, 1.165) is 12.8 Å². The molecule has 1 unspecified atom stereocenters. The van der Waals surface area contributed by atoms with E-state index < -0.39 is 0 Å². The van der Waals surface area contributed by atoms with Crippen LogP contribution in [0.5, 0.6) is 0 Å². The summed E-state index contributed by atoms with van der Waals surface area (Å²) in [6.45, 7) is 0.711. The summed E-state index contributed by atoms with van der Waals surface area (Å²) in [4.78, 5) is 15.7. The van der Waals surface area contributed by atoms with Gasteiger partial charge in [-0.2, -0.15) is 0 Å². The Hall–Kier alpha value is -2.47. The number of aromatic nitrogens is 1. The summed E-state index contributed by atoms with van der Waals surface area (Å²) in [6, 6.07) is 12.0. The zero-order chi connectivity index (χ0) is 16.8. The van der Waals surface area contributed by atoms with Gasteiger partial charge >= 0.3 is 5.97 Å². The van der Waals surface area contributed by atoms with E-state index in [1.807, 2.05) is 6.07 Å². The molecule has 3 rings (SSSR count). The van der Waals surface area contributed by atoms with Crippen LogP contribution in [0.15, 0.2) is 48.8 Å². The molecule has 2 N–H and O–H groups in total. The Bertz CT molecular complexity index is 721. The van der Waals surface area contributed by atoms with Crippen molar-refractivity contribution in [2.75, 3.05) is 13.2 Å². The third-order valence-corrected chi connectivity index (χ3v) is 4.22. The molecule has 0 bridgehead atoms. The fraction of sp³-hybridized carbons (Fsp3) is 0.278. The molecular formula is C18H19N3O2S. The van der Waals surface area contributed by atoms with Gasteiger partial charge in [-0.1, -0.05) is 24.3 Å². The van der Waals surface area contributed by atoms with Gasteiger partial charge in [0.05, 0.1) is 18.2 Å². The Morgan fingerprint density at radius 1 is 1.29 bits per heavy atom. The van der Waals surface area contributed by atoms with Gasteiger partial charge in [0.15, 0.2) is 5.11 Å². The molecule has 124 valence electrons. The number of ether oxygens (including phenoxy) is 1. The van der Waals surface area contributed by atoms with Gasteiger partial charge in [-0.25, -0.2) is 4.79 Å². The molecule has 0 fully saturated rings. The highest BCUT2D eigenvalue weighted by Crippen LogP contribution is 2.30. The minimum absolute atomic E-state index is 0.247. The molecule has 0 spiro atoms. The SMILES string of the molecule is O=C(OCCNC(=S)NC1CCc2ccccc21)c1cccnc1. The minimum atomic E-state index is -0.381. The highest BCUT2D eigenvalue weighted by molar-refractivity contribution is 7.80. The van der Waals surface area contributed by atoms with Gasteiger partial charge in [0.2, 0.25) is 0 Å². The second-order valence-electron chi connectivity index (χ2n) is 5.57. The molecule has 0 saturated carbocycles. The number of nitrogens with zero attached hydrogens (tertiary/aromatic N) is 1. The lowest BCUT2D eigenvalue weighted by Gasteiger charge is -2.17. The van der Waals surface area contributed by atoms with Crippen molar-refractivity contribution in [2.45, 2.75) is 18.9 Å². The molecule has 0 aliphatic heterocycles. The third-order valence-electron chi connectivity index (χ3n) is 3.96. The Labute approximate surface area is 146 Å². The van der Waals surface area contributed by atoms with Gasteiger partial charge in [0.25, 0.3) is 0 Å². The van der Waals surface area contributed by atoms with Crippen molar-refractivity contribution in [1.29, 1.82) is 0 Å². The fourth-order valence-electron chi connectivity index (χ4n) is 2.79. The number of benzene rings is 1. The lowest BCUT2D eigenvalue weighted by Crippen LogP contribution is -2.38. The number of hydrogen-bond acceptors (Lipinski definition) is 4. The molecule has 1 atom stereocenters. The van der Waals surface area contributed by atoms with E-state index in [1.54, 1.807) is 18.3 Å². The number of pyridine rings is 1. The predicted molar refractivity (Wildman–Crippen MR) is 95.8 cm³/mol. The maximum Gasteiger partial charge on any atom is 0.339 e. The monoisotopic (exact) mass is 341 g/mol. The summed E-state index contributed by atoms with van der Waals surface area (Å²) < 4.78 is 5.18. The van der Waals surface area contributed by atoms with Crippen LogP contribution in [0.1, 0.15) is 33.9 Å². The first kappa shape index (κ1) is 16.4. The molecule has 1 heterocycles. The van der Waals surface area contributed by atoms with Crippen LogP contribution in [0, 0.1) is 0 Å². The topological polar surface area (TPSA) is 63.2 Å². The molecular weight excluding hydrogens is 322 g/mol. The molecule has 0 saturated heterocycles. The van der Waals surface area contributed by atoms with E-state index in [9.17, 15) is 4.79 Å². The van der Waals surface area contributed by atoms with Crippen molar-refractivity contribution in [2.24, 2.45) is 0 Å². The van der Waals surface area contributed by atoms with Gasteiger partial charge in [-0.15, -0.1) is 0 Å². The first-order chi connectivity index (χ1) is 11.7. The van der Waals surface area contributed by atoms with Gasteiger partial charge < -0.3 is 15.4 Å². The fourth-order valence-corrected chi connectivity index (χ4v) is 3.04. The molecule has 1 aromatic carbocycles. The molecule has 1 aliphatic carbocycles. The first-order valence-electron chi connectivity index (χ1n) is 7.93. The average Bonchev–Trinajstić information content (AvgIpc) is 3.02. The van der Waals surface area contributed by atoms with E-state index >= 15 is 0 Å². The number of carbonyl (C=O) groups excluding carboxylic acids is 1. The Balaban J connectivity index is 1.39. The molecule has 5 nitrogen and oxygen atoms in total. The summed E-state index contributed by atoms with van der Waals surface area (Å²) in [7, 11) is 0. The summed E-state index contributed by atoms with van der Waals surface area (Å²) in [6.07, 6.45) is 5.21. The second kappa shape index (κ2) is 7.88. The predicted octanol–water partition coefficient (Wildman–Crippen LogP) is 2.39. The number of thiocarbonyl (C=S) groups is 1. The molecule has 1 aliphatic rings. The Morgan fingerprint density at radius 3 is 3.00 bits per heavy atom. The maximum absolute atomic E-state index is 11.8. The van der Waals surface area contributed by atoms with Crippen LogP contribution in [0.2, 0.25) is 0 Å². The van der Waals surface area contributed by atoms with Crippen LogP contribution in [0.3, 0.4) is 0 Å². The molecule has 24 heavy (non-hydrogen) atoms. The third kappa shape index (κ3) is 4.08. The highest BCUT2D eigenvalue weighted by atomic mass is 32.1. The van der Waals surface area contributed by atoms with Crippen LogP contribution in [-0.2, 0) is 11.2 Å². The van der Waals surface area contributed by atoms with Crippen molar-refractivity contribution < 1.29 is 9.53 Å². The van der Waals surface area contributed by atoms with E-state index in [1.165, 1.54) is 17.3 Å². The van der Waals surface area contributed by atoms with Crippen molar-refractivity contribution in [1.82, 2.24) is 15.6 Å². The molecule has 1 aromatic heterocycles. The highest BCUT2D eigenvalue weighted by Gasteiger charge is 2.22. The van der Waals surface area contributed by atoms with Crippen LogP contribution in [0.25, 0.3) is 0 Å². The summed E-state index contributed by atoms with van der Waals surface area (Å²) in [5, 5.41) is 6.98. The van der Waals surface area contributed by atoms with Crippen molar-refractivity contribution in [3.05, 3.63) is 65.5 Å². The molecule has 2 aromatic rings. The summed E-state index contributed by atoms with van der Waals surface area (Å²) in [5.41, 5.74) is 3.13. The van der Waals surface area contributed by atoms with E-state index in [0.29, 0.717) is 17.2 Å². The summed E-state index contributed by atoms with van der Waals surface area (Å²) >= 11 is 5.32. The van der Waals surface area contributed by atoms with Gasteiger partial charge in [0, 0.05) is 12.4 Å². The number of rotatable bonds is 5. The Morgan fingerprint density at radius 2 is 2.17 bits per heavy atom. The normalized spacial score (nSPS) is 15.4. The standard InChI is InChI=1S/C18H19N3O2S/c22-17(14-5-3-9-19-12-14)23-11-10-20-18(24)21-16-8-7-13-4-1-2-6-15(13)16/h1-6,9,12,16H,7-8,10-11H2,(H2,20,21,24). The van der Waals surface area contributed by atoms with Gasteiger partial charge in [0.1, 0.15) is 6.61 Å². The zero-order valence-electron chi connectivity index (χ0n) is 13.2. The quantitative estimate of drug-likeness (QED) is 0.495. The number of nitrogens with one attached hydrogen (secondary N) is 2. The van der Waals surface area contributed by atoms with E-state index in [-0.39, 0.29) is 18.6 Å². The number of hydrogen-bond donors (Lipinski definition) is 2. The number of esters is 1. The van der Waals surface area contributed by atoms with Crippen LogP contribution >= 0.6 is 12.2 Å². The lowest BCUT2D eigenvalue weighted by atomic mass is 10.1. The van der Waals surface area contributed by atoms with Crippen LogP contribution < -0.4 is 10.6 Å². The first-order valence-corrected chi connectivity index (χ1v) is 8.34. The maximum atomic E-state index is 11.8. The smallest absolute Gasteiger partial charge is 0.339 e. The van der Waals surface area contributed by atoms with E-state index in [2.05, 4.69) is 33.8 Å². The van der Waals surface area contributed by atoms with Crippen molar-refractivity contribution >= 4 is 23.3 Å². The second-order valence-corrected chi connectivity index (χ2v) is 5.98. The van der Waals surface area contributed by atoms with Gasteiger partial charge in [-0.05, 0) is 48.3 Å². The van der Waals surface area contributed by atoms with E-state index in [4.69, 9.17) is 17.0 Å². The zero-order valence-corrected chi connectivity index (χ0v) is 14.0. The van der Waals surface area contributed by atoms with Crippen LogP contribution in [-0.4, -0.2) is 29.2 Å². The molecule has 6 heteroatoms. The Kier molecular flexibility index (Phi) is 5.38. The number of carbonyl (C=O) groups is 1. The largest absolute Gasteiger partial charge is 0.460 e. The van der Waals surface area contributed by atoms with Crippen molar-refractivity contribution in [3.8, 4) is 0 Å². The van der Waals surface area contributed by atoms with Crippen LogP contribution in [0.4, 0.5) is 0 Å². The molecule has 0 amide bonds. The average molecular weight is 341 g/mol. The summed E-state index contributed by atoms with van der Waals surface area (Å²) in [5.74, 6) is -0.381. The number of fused-ring (bicyclic) bond motifs is 1. The molecule has 0 radical (unpaired) electrons. The number of aryl methyl sites for hydroxylation is 1. The lowest BCUT2D eigenvalue weighted by molar-refractivity contribution is 0.0512. The minimum Gasteiger partial charge on any atom is -0.460 e.